The van der Waals surface area contributed by atoms with Crippen molar-refractivity contribution in [1.82, 2.24) is 10.6 Å². The van der Waals surface area contributed by atoms with E-state index in [4.69, 9.17) is 23.2 Å². The lowest BCUT2D eigenvalue weighted by molar-refractivity contribution is -0.137. The van der Waals surface area contributed by atoms with Gasteiger partial charge in [-0.2, -0.15) is 13.2 Å². The Morgan fingerprint density at radius 2 is 1.80 bits per heavy atom. The van der Waals surface area contributed by atoms with Gasteiger partial charge in [0.2, 0.25) is 5.91 Å². The second-order valence-electron chi connectivity index (χ2n) is 3.70. The van der Waals surface area contributed by atoms with E-state index in [1.807, 2.05) is 0 Å². The van der Waals surface area contributed by atoms with Crippen LogP contribution in [-0.4, -0.2) is 31.1 Å². The summed E-state index contributed by atoms with van der Waals surface area (Å²) in [6.07, 6.45) is -4.50. The van der Waals surface area contributed by atoms with Crippen LogP contribution in [0.25, 0.3) is 0 Å². The van der Waals surface area contributed by atoms with Crippen molar-refractivity contribution in [2.75, 3.05) is 13.1 Å². The molecule has 0 spiro atoms. The smallest absolute Gasteiger partial charge is 0.345 e. The lowest BCUT2D eigenvalue weighted by Crippen LogP contribution is -2.40. The van der Waals surface area contributed by atoms with E-state index in [1.165, 1.54) is 18.2 Å². The van der Waals surface area contributed by atoms with Crippen molar-refractivity contribution in [1.29, 1.82) is 0 Å². The highest BCUT2D eigenvalue weighted by atomic mass is 35.5. The molecule has 0 aliphatic heterocycles. The van der Waals surface area contributed by atoms with Gasteiger partial charge in [0.1, 0.15) is 6.54 Å². The summed E-state index contributed by atoms with van der Waals surface area (Å²) in [5.74, 6) is -1.64. The van der Waals surface area contributed by atoms with E-state index in [9.17, 15) is 22.8 Å². The van der Waals surface area contributed by atoms with Crippen LogP contribution in [0.2, 0.25) is 10.0 Å². The van der Waals surface area contributed by atoms with E-state index in [2.05, 4.69) is 5.32 Å². The molecule has 20 heavy (non-hydrogen) atoms. The number of carbonyl (C=O) groups excluding carboxylic acids is 2. The molecule has 2 amide bonds. The lowest BCUT2D eigenvalue weighted by Gasteiger charge is -2.09. The molecule has 0 saturated heterocycles. The Hall–Kier alpha value is -1.47. The number of amides is 2. The second kappa shape index (κ2) is 6.81. The maximum atomic E-state index is 11.8. The average molecular weight is 329 g/mol. The SMILES string of the molecule is O=C(CNC(=O)c1ccc(Cl)cc1Cl)NCC(F)(F)F. The molecule has 0 aliphatic rings. The number of hydrogen-bond acceptors (Lipinski definition) is 2. The number of nitrogens with one attached hydrogen (secondary N) is 2. The fourth-order valence-electron chi connectivity index (χ4n) is 1.19. The summed E-state index contributed by atoms with van der Waals surface area (Å²) in [5, 5.41) is 4.17. The Labute approximate surface area is 122 Å². The predicted molar refractivity (Wildman–Crippen MR) is 67.9 cm³/mol. The van der Waals surface area contributed by atoms with Crippen LogP contribution in [0.5, 0.6) is 0 Å². The summed E-state index contributed by atoms with van der Waals surface area (Å²) >= 11 is 11.4. The molecule has 0 saturated carbocycles. The van der Waals surface area contributed by atoms with Crippen LogP contribution in [0.15, 0.2) is 18.2 Å². The largest absolute Gasteiger partial charge is 0.405 e. The summed E-state index contributed by atoms with van der Waals surface area (Å²) in [5.41, 5.74) is 0.0692. The molecule has 1 rings (SSSR count). The van der Waals surface area contributed by atoms with Gasteiger partial charge in [0.15, 0.2) is 0 Å². The number of hydrogen-bond donors (Lipinski definition) is 2. The number of benzene rings is 1. The molecule has 0 fully saturated rings. The molecule has 0 radical (unpaired) electrons. The van der Waals surface area contributed by atoms with Crippen LogP contribution in [0.3, 0.4) is 0 Å². The van der Waals surface area contributed by atoms with Crippen molar-refractivity contribution >= 4 is 35.0 Å². The highest BCUT2D eigenvalue weighted by Gasteiger charge is 2.27. The third-order valence-corrected chi connectivity index (χ3v) is 2.62. The van der Waals surface area contributed by atoms with Crippen molar-refractivity contribution in [3.8, 4) is 0 Å². The van der Waals surface area contributed by atoms with E-state index in [0.717, 1.165) is 0 Å². The average Bonchev–Trinajstić information content (AvgIpc) is 2.32. The van der Waals surface area contributed by atoms with Crippen LogP contribution >= 0.6 is 23.2 Å². The van der Waals surface area contributed by atoms with E-state index in [1.54, 1.807) is 5.32 Å². The Morgan fingerprint density at radius 3 is 2.35 bits per heavy atom. The maximum Gasteiger partial charge on any atom is 0.405 e. The molecule has 0 atom stereocenters. The van der Waals surface area contributed by atoms with Gasteiger partial charge in [-0.15, -0.1) is 0 Å². The maximum absolute atomic E-state index is 11.8. The number of rotatable bonds is 4. The minimum atomic E-state index is -4.50. The Kier molecular flexibility index (Phi) is 5.64. The first-order valence-corrected chi connectivity index (χ1v) is 6.01. The number of alkyl halides is 3. The number of carbonyl (C=O) groups is 2. The Morgan fingerprint density at radius 1 is 1.15 bits per heavy atom. The first-order valence-electron chi connectivity index (χ1n) is 5.26. The summed E-state index contributed by atoms with van der Waals surface area (Å²) in [4.78, 5) is 22.7. The van der Waals surface area contributed by atoms with Crippen molar-refractivity contribution in [2.45, 2.75) is 6.18 Å². The Balaban J connectivity index is 2.49. The van der Waals surface area contributed by atoms with Gasteiger partial charge in [0.25, 0.3) is 5.91 Å². The van der Waals surface area contributed by atoms with Gasteiger partial charge in [-0.25, -0.2) is 0 Å². The fraction of sp³-hybridized carbons (Fsp3) is 0.273. The van der Waals surface area contributed by atoms with Gasteiger partial charge < -0.3 is 10.6 Å². The van der Waals surface area contributed by atoms with Crippen molar-refractivity contribution in [3.63, 3.8) is 0 Å². The first-order chi connectivity index (χ1) is 9.19. The molecule has 110 valence electrons. The van der Waals surface area contributed by atoms with Crippen molar-refractivity contribution in [2.24, 2.45) is 0 Å². The van der Waals surface area contributed by atoms with Crippen LogP contribution in [0.4, 0.5) is 13.2 Å². The minimum Gasteiger partial charge on any atom is -0.345 e. The van der Waals surface area contributed by atoms with E-state index >= 15 is 0 Å². The summed E-state index contributed by atoms with van der Waals surface area (Å²) in [7, 11) is 0. The van der Waals surface area contributed by atoms with Gasteiger partial charge >= 0.3 is 6.18 Å². The fourth-order valence-corrected chi connectivity index (χ4v) is 1.69. The standard InChI is InChI=1S/C11H9Cl2F3N2O2/c12-6-1-2-7(8(13)3-6)10(20)17-4-9(19)18-5-11(14,15)16/h1-3H,4-5H2,(H,17,20)(H,18,19). The summed E-state index contributed by atoms with van der Waals surface area (Å²) in [6, 6.07) is 4.10. The van der Waals surface area contributed by atoms with E-state index < -0.39 is 31.1 Å². The highest BCUT2D eigenvalue weighted by Crippen LogP contribution is 2.20. The van der Waals surface area contributed by atoms with Gasteiger partial charge in [-0.3, -0.25) is 9.59 Å². The molecular formula is C11H9Cl2F3N2O2. The zero-order valence-corrected chi connectivity index (χ0v) is 11.4. The monoisotopic (exact) mass is 328 g/mol. The molecule has 2 N–H and O–H groups in total. The molecule has 0 aromatic heterocycles. The zero-order valence-electron chi connectivity index (χ0n) is 9.85. The molecule has 1 aromatic rings. The number of halogens is 5. The molecule has 9 heteroatoms. The molecular weight excluding hydrogens is 320 g/mol. The van der Waals surface area contributed by atoms with Gasteiger partial charge in [-0.05, 0) is 18.2 Å². The molecule has 1 aromatic carbocycles. The summed E-state index contributed by atoms with van der Waals surface area (Å²) < 4.78 is 35.5. The molecule has 0 aliphatic carbocycles. The normalized spacial score (nSPS) is 11.1. The molecule has 0 unspecified atom stereocenters. The quantitative estimate of drug-likeness (QED) is 0.891. The minimum absolute atomic E-state index is 0.0692. The third-order valence-electron chi connectivity index (χ3n) is 2.07. The molecule has 0 heterocycles. The van der Waals surface area contributed by atoms with Crippen molar-refractivity contribution in [3.05, 3.63) is 33.8 Å². The van der Waals surface area contributed by atoms with Crippen LogP contribution < -0.4 is 10.6 Å². The first kappa shape index (κ1) is 16.6. The third kappa shape index (κ3) is 5.66. The molecule has 0 bridgehead atoms. The van der Waals surface area contributed by atoms with Crippen LogP contribution in [-0.2, 0) is 4.79 Å². The van der Waals surface area contributed by atoms with Gasteiger partial charge in [-0.1, -0.05) is 23.2 Å². The van der Waals surface area contributed by atoms with Crippen molar-refractivity contribution < 1.29 is 22.8 Å². The zero-order chi connectivity index (χ0) is 15.3. The summed E-state index contributed by atoms with van der Waals surface area (Å²) in [6.45, 7) is -2.04. The topological polar surface area (TPSA) is 58.2 Å². The van der Waals surface area contributed by atoms with E-state index in [0.29, 0.717) is 5.02 Å². The van der Waals surface area contributed by atoms with E-state index in [-0.39, 0.29) is 10.6 Å². The van der Waals surface area contributed by atoms with Gasteiger partial charge in [0.05, 0.1) is 17.1 Å². The van der Waals surface area contributed by atoms with Crippen LogP contribution in [0, 0.1) is 0 Å². The van der Waals surface area contributed by atoms with Gasteiger partial charge in [0, 0.05) is 5.02 Å². The molecule has 4 nitrogen and oxygen atoms in total. The lowest BCUT2D eigenvalue weighted by atomic mass is 10.2. The Bertz CT molecular complexity index is 521. The highest BCUT2D eigenvalue weighted by molar-refractivity contribution is 6.36. The van der Waals surface area contributed by atoms with Crippen LogP contribution in [0.1, 0.15) is 10.4 Å². The predicted octanol–water partition coefficient (Wildman–Crippen LogP) is 2.40. The second-order valence-corrected chi connectivity index (χ2v) is 4.54.